The van der Waals surface area contributed by atoms with E-state index in [4.69, 9.17) is 9.47 Å². The monoisotopic (exact) mass is 474 g/mol. The summed E-state index contributed by atoms with van der Waals surface area (Å²) >= 11 is 0. The van der Waals surface area contributed by atoms with Crippen LogP contribution in [0.15, 0.2) is 12.1 Å². The van der Waals surface area contributed by atoms with Gasteiger partial charge < -0.3 is 29.7 Å². The largest absolute Gasteiger partial charge is 0.489 e. The lowest BCUT2D eigenvalue weighted by atomic mass is 9.99. The molecule has 34 heavy (non-hydrogen) atoms. The molecule has 0 unspecified atom stereocenters. The van der Waals surface area contributed by atoms with Crippen LogP contribution in [0.5, 0.6) is 5.75 Å². The van der Waals surface area contributed by atoms with Crippen LogP contribution in [0.4, 0.5) is 10.5 Å². The third-order valence-corrected chi connectivity index (χ3v) is 6.10. The van der Waals surface area contributed by atoms with Gasteiger partial charge in [-0.05, 0) is 39.3 Å². The summed E-state index contributed by atoms with van der Waals surface area (Å²) in [6, 6.07) is 2.57. The van der Waals surface area contributed by atoms with Crippen LogP contribution in [0.2, 0.25) is 0 Å². The summed E-state index contributed by atoms with van der Waals surface area (Å²) < 4.78 is 11.5. The van der Waals surface area contributed by atoms with E-state index in [-0.39, 0.29) is 43.2 Å². The number of rotatable bonds is 4. The number of ether oxygens (including phenoxy) is 2. The number of aromatic carboxylic acids is 1. The van der Waals surface area contributed by atoms with Gasteiger partial charge in [-0.3, -0.25) is 14.9 Å². The molecular formula is C23H30N4O7. The number of imide groups is 1. The van der Waals surface area contributed by atoms with Crippen LogP contribution in [-0.2, 0) is 20.9 Å². The van der Waals surface area contributed by atoms with Gasteiger partial charge >= 0.3 is 12.1 Å². The Morgan fingerprint density at radius 1 is 1.26 bits per heavy atom. The van der Waals surface area contributed by atoms with Gasteiger partial charge in [-0.15, -0.1) is 0 Å². The second-order valence-corrected chi connectivity index (χ2v) is 9.71. The fraction of sp³-hybridized carbons (Fsp3) is 0.565. The number of carboxylic acids is 1. The lowest BCUT2D eigenvalue weighted by molar-refractivity contribution is -0.134. The number of hydrogen-bond donors (Lipinski definition) is 3. The Morgan fingerprint density at radius 3 is 2.71 bits per heavy atom. The number of carbonyl (C=O) groups is 4. The van der Waals surface area contributed by atoms with Crippen molar-refractivity contribution in [3.05, 3.63) is 23.3 Å². The third-order valence-electron chi connectivity index (χ3n) is 6.10. The first kappa shape index (κ1) is 23.8. The molecule has 0 radical (unpaired) electrons. The van der Waals surface area contributed by atoms with Crippen molar-refractivity contribution < 1.29 is 33.8 Å². The van der Waals surface area contributed by atoms with Crippen LogP contribution in [0.1, 0.15) is 49.5 Å². The van der Waals surface area contributed by atoms with Crippen molar-refractivity contribution in [2.75, 3.05) is 31.1 Å². The van der Waals surface area contributed by atoms with Crippen LogP contribution in [0, 0.1) is 0 Å². The highest BCUT2D eigenvalue weighted by molar-refractivity contribution is 6.00. The second-order valence-electron chi connectivity index (χ2n) is 9.71. The molecular weight excluding hydrogens is 444 g/mol. The summed E-state index contributed by atoms with van der Waals surface area (Å²) in [5.41, 5.74) is 0.707. The van der Waals surface area contributed by atoms with E-state index in [0.717, 1.165) is 5.69 Å². The molecule has 2 saturated heterocycles. The van der Waals surface area contributed by atoms with E-state index >= 15 is 0 Å². The normalized spacial score (nSPS) is 22.3. The van der Waals surface area contributed by atoms with Crippen LogP contribution >= 0.6 is 0 Å². The highest BCUT2D eigenvalue weighted by atomic mass is 16.6. The number of hydrogen-bond acceptors (Lipinski definition) is 8. The number of amides is 3. The molecule has 11 heteroatoms. The predicted octanol–water partition coefficient (Wildman–Crippen LogP) is 1.10. The smallest absolute Gasteiger partial charge is 0.410 e. The van der Waals surface area contributed by atoms with Gasteiger partial charge in [0.05, 0.1) is 23.3 Å². The van der Waals surface area contributed by atoms with Gasteiger partial charge in [-0.1, -0.05) is 0 Å². The maximum absolute atomic E-state index is 12.5. The number of benzene rings is 1. The van der Waals surface area contributed by atoms with Crippen LogP contribution in [-0.4, -0.2) is 77.8 Å². The first-order chi connectivity index (χ1) is 16.0. The zero-order valence-corrected chi connectivity index (χ0v) is 19.6. The Balaban J connectivity index is 1.53. The summed E-state index contributed by atoms with van der Waals surface area (Å²) in [6.45, 7) is 7.30. The van der Waals surface area contributed by atoms with Gasteiger partial charge in [0.15, 0.2) is 0 Å². The molecule has 0 aromatic heterocycles. The number of piperazine rings is 1. The van der Waals surface area contributed by atoms with E-state index in [2.05, 4.69) is 15.5 Å². The average Bonchev–Trinajstić information content (AvgIpc) is 2.76. The van der Waals surface area contributed by atoms with Gasteiger partial charge in [-0.25, -0.2) is 9.59 Å². The predicted molar refractivity (Wildman–Crippen MR) is 121 cm³/mol. The highest BCUT2D eigenvalue weighted by Crippen LogP contribution is 2.40. The van der Waals surface area contributed by atoms with Gasteiger partial charge in [0.2, 0.25) is 11.8 Å². The van der Waals surface area contributed by atoms with E-state index in [9.17, 15) is 24.3 Å². The molecule has 3 aliphatic rings. The van der Waals surface area contributed by atoms with E-state index in [0.29, 0.717) is 37.4 Å². The first-order valence-electron chi connectivity index (χ1n) is 11.4. The van der Waals surface area contributed by atoms with Crippen molar-refractivity contribution in [3.8, 4) is 5.75 Å². The highest BCUT2D eigenvalue weighted by Gasteiger charge is 2.38. The molecule has 1 aromatic carbocycles. The minimum Gasteiger partial charge on any atom is -0.489 e. The van der Waals surface area contributed by atoms with Crippen LogP contribution in [0.3, 0.4) is 0 Å². The summed E-state index contributed by atoms with van der Waals surface area (Å²) in [5.74, 6) is -1.37. The van der Waals surface area contributed by atoms with Crippen molar-refractivity contribution in [1.29, 1.82) is 0 Å². The SMILES string of the molecule is CC(C)(C)OC(=O)N1CCN2c3ccc(C(=O)O)c(CN[C@H]4CCC(=O)NC4=O)c3OC[C@H]2C1. The Bertz CT molecular complexity index is 1020. The first-order valence-corrected chi connectivity index (χ1v) is 11.4. The van der Waals surface area contributed by atoms with E-state index in [1.54, 1.807) is 11.0 Å². The van der Waals surface area contributed by atoms with Crippen molar-refractivity contribution in [2.45, 2.75) is 57.8 Å². The number of carbonyl (C=O) groups excluding carboxylic acids is 3. The molecule has 2 fully saturated rings. The molecule has 3 N–H and O–H groups in total. The molecule has 3 aliphatic heterocycles. The number of anilines is 1. The van der Waals surface area contributed by atoms with Crippen LogP contribution in [0.25, 0.3) is 0 Å². The minimum absolute atomic E-state index is 0.0874. The molecule has 0 bridgehead atoms. The molecule has 2 atom stereocenters. The van der Waals surface area contributed by atoms with Gasteiger partial charge in [0.1, 0.15) is 18.0 Å². The summed E-state index contributed by atoms with van der Waals surface area (Å²) in [6.07, 6.45) is 0.202. The fourth-order valence-electron chi connectivity index (χ4n) is 4.48. The summed E-state index contributed by atoms with van der Waals surface area (Å²) in [4.78, 5) is 51.7. The molecule has 11 nitrogen and oxygen atoms in total. The lowest BCUT2D eigenvalue weighted by Crippen LogP contribution is -2.59. The van der Waals surface area contributed by atoms with E-state index in [1.165, 1.54) is 6.07 Å². The molecule has 0 aliphatic carbocycles. The van der Waals surface area contributed by atoms with Crippen molar-refractivity contribution in [3.63, 3.8) is 0 Å². The fourth-order valence-corrected chi connectivity index (χ4v) is 4.48. The van der Waals surface area contributed by atoms with E-state index < -0.39 is 23.5 Å². The summed E-state index contributed by atoms with van der Waals surface area (Å²) in [5, 5.41) is 15.1. The molecule has 3 amide bonds. The maximum Gasteiger partial charge on any atom is 0.410 e. The standard InChI is InChI=1S/C23H30N4O7/c1-23(2,3)34-22(32)26-8-9-27-13(11-26)12-33-19-15(14(21(30)31)4-6-17(19)27)10-24-16-5-7-18(28)25-20(16)29/h4,6,13,16,24H,5,7-12H2,1-3H3,(H,30,31)(H,25,28,29)/t13-,16+/m1/s1. The molecule has 0 spiro atoms. The summed E-state index contributed by atoms with van der Waals surface area (Å²) in [7, 11) is 0. The lowest BCUT2D eigenvalue weighted by Gasteiger charge is -2.46. The van der Waals surface area contributed by atoms with Crippen molar-refractivity contribution in [2.24, 2.45) is 0 Å². The second kappa shape index (κ2) is 9.13. The van der Waals surface area contributed by atoms with Crippen molar-refractivity contribution in [1.82, 2.24) is 15.5 Å². The molecule has 4 rings (SSSR count). The van der Waals surface area contributed by atoms with Crippen LogP contribution < -0.4 is 20.3 Å². The zero-order chi connectivity index (χ0) is 24.6. The topological polar surface area (TPSA) is 138 Å². The number of fused-ring (bicyclic) bond motifs is 3. The van der Waals surface area contributed by atoms with E-state index in [1.807, 2.05) is 20.8 Å². The number of nitrogens with zero attached hydrogens (tertiary/aromatic N) is 2. The third kappa shape index (κ3) is 4.93. The molecule has 184 valence electrons. The number of carboxylic acid groups (broad SMARTS) is 1. The maximum atomic E-state index is 12.5. The minimum atomic E-state index is -1.09. The van der Waals surface area contributed by atoms with Gasteiger partial charge in [0, 0.05) is 38.2 Å². The molecule has 0 saturated carbocycles. The number of nitrogens with one attached hydrogen (secondary N) is 2. The Hall–Kier alpha value is -3.34. The van der Waals surface area contributed by atoms with Gasteiger partial charge in [0.25, 0.3) is 0 Å². The Labute approximate surface area is 197 Å². The molecule has 1 aromatic rings. The Morgan fingerprint density at radius 2 is 2.03 bits per heavy atom. The Kier molecular flexibility index (Phi) is 6.39. The van der Waals surface area contributed by atoms with Crippen molar-refractivity contribution >= 4 is 29.6 Å². The zero-order valence-electron chi connectivity index (χ0n) is 19.6. The van der Waals surface area contributed by atoms with Gasteiger partial charge in [-0.2, -0.15) is 0 Å². The average molecular weight is 475 g/mol. The number of piperidine rings is 1. The quantitative estimate of drug-likeness (QED) is 0.548. The molecule has 3 heterocycles.